The summed E-state index contributed by atoms with van der Waals surface area (Å²) in [5.41, 5.74) is 0. The molecule has 0 aromatic rings. The fourth-order valence-electron chi connectivity index (χ4n) is 0.561. The van der Waals surface area contributed by atoms with Crippen LogP contribution in [0.1, 0.15) is 6.92 Å². The predicted molar refractivity (Wildman–Crippen MR) is 37.3 cm³/mol. The molecule has 4 nitrogen and oxygen atoms in total. The standard InChI is InChI=1S/C5H12O4S/c1-5(4-8-2)9-10(3,6)7/h5H,4H2,1-3H3. The van der Waals surface area contributed by atoms with Crippen LogP contribution in [0.5, 0.6) is 0 Å². The van der Waals surface area contributed by atoms with Crippen molar-refractivity contribution < 1.29 is 17.3 Å². The number of ether oxygens (including phenoxy) is 1. The van der Waals surface area contributed by atoms with Crippen molar-refractivity contribution in [3.63, 3.8) is 0 Å². The van der Waals surface area contributed by atoms with Gasteiger partial charge in [0, 0.05) is 7.11 Å². The van der Waals surface area contributed by atoms with Crippen LogP contribution in [0.3, 0.4) is 0 Å². The molecule has 0 aliphatic heterocycles. The van der Waals surface area contributed by atoms with E-state index < -0.39 is 16.2 Å². The molecule has 1 atom stereocenters. The van der Waals surface area contributed by atoms with E-state index in [4.69, 9.17) is 0 Å². The average molecular weight is 168 g/mol. The molecule has 1 unspecified atom stereocenters. The van der Waals surface area contributed by atoms with Crippen molar-refractivity contribution >= 4 is 10.1 Å². The Labute approximate surface area is 61.3 Å². The maximum atomic E-state index is 10.4. The van der Waals surface area contributed by atoms with Gasteiger partial charge < -0.3 is 4.74 Å². The Hall–Kier alpha value is -0.130. The van der Waals surface area contributed by atoms with Crippen LogP contribution in [-0.4, -0.2) is 34.5 Å². The van der Waals surface area contributed by atoms with Crippen molar-refractivity contribution in [3.05, 3.63) is 0 Å². The lowest BCUT2D eigenvalue weighted by atomic mass is 10.5. The van der Waals surface area contributed by atoms with Gasteiger partial charge in [-0.25, -0.2) is 0 Å². The summed E-state index contributed by atoms with van der Waals surface area (Å²) < 4.78 is 30.1. The molecule has 0 aliphatic carbocycles. The molecule has 0 fully saturated rings. The van der Waals surface area contributed by atoms with E-state index in [1.165, 1.54) is 7.11 Å². The summed E-state index contributed by atoms with van der Waals surface area (Å²) in [7, 11) is -1.84. The van der Waals surface area contributed by atoms with Crippen molar-refractivity contribution in [1.82, 2.24) is 0 Å². The average Bonchev–Trinajstić information content (AvgIpc) is 1.59. The summed E-state index contributed by atoms with van der Waals surface area (Å²) in [6, 6.07) is 0. The smallest absolute Gasteiger partial charge is 0.264 e. The normalized spacial score (nSPS) is 15.1. The van der Waals surface area contributed by atoms with Crippen LogP contribution in [0.2, 0.25) is 0 Å². The zero-order chi connectivity index (χ0) is 8.20. The largest absolute Gasteiger partial charge is 0.382 e. The van der Waals surface area contributed by atoms with Crippen LogP contribution in [0, 0.1) is 0 Å². The monoisotopic (exact) mass is 168 g/mol. The van der Waals surface area contributed by atoms with E-state index in [0.717, 1.165) is 6.26 Å². The zero-order valence-electron chi connectivity index (χ0n) is 6.33. The number of rotatable bonds is 4. The lowest BCUT2D eigenvalue weighted by Gasteiger charge is -2.08. The van der Waals surface area contributed by atoms with E-state index in [-0.39, 0.29) is 6.61 Å². The Morgan fingerprint density at radius 3 is 2.30 bits per heavy atom. The van der Waals surface area contributed by atoms with Gasteiger partial charge in [-0.2, -0.15) is 8.42 Å². The first-order valence-electron chi connectivity index (χ1n) is 2.83. The highest BCUT2D eigenvalue weighted by Crippen LogP contribution is 1.95. The predicted octanol–water partition coefficient (Wildman–Crippen LogP) is -0.00250. The second-order valence-corrected chi connectivity index (χ2v) is 3.67. The minimum Gasteiger partial charge on any atom is -0.382 e. The Morgan fingerprint density at radius 2 is 2.00 bits per heavy atom. The van der Waals surface area contributed by atoms with E-state index in [1.807, 2.05) is 0 Å². The quantitative estimate of drug-likeness (QED) is 0.554. The van der Waals surface area contributed by atoms with Gasteiger partial charge in [0.25, 0.3) is 10.1 Å². The minimum absolute atomic E-state index is 0.285. The molecule has 0 radical (unpaired) electrons. The third-order valence-corrected chi connectivity index (χ3v) is 1.42. The molecule has 0 heterocycles. The maximum absolute atomic E-state index is 10.4. The SMILES string of the molecule is COCC(C)OS(C)(=O)=O. The highest BCUT2D eigenvalue weighted by molar-refractivity contribution is 7.86. The van der Waals surface area contributed by atoms with Crippen LogP contribution < -0.4 is 0 Å². The molecule has 0 N–H and O–H groups in total. The number of methoxy groups -OCH3 is 1. The minimum atomic E-state index is -3.33. The van der Waals surface area contributed by atoms with Crippen LogP contribution in [0.15, 0.2) is 0 Å². The highest BCUT2D eigenvalue weighted by atomic mass is 32.2. The van der Waals surface area contributed by atoms with Crippen molar-refractivity contribution in [2.24, 2.45) is 0 Å². The van der Waals surface area contributed by atoms with E-state index in [9.17, 15) is 8.42 Å². The van der Waals surface area contributed by atoms with Crippen molar-refractivity contribution in [2.45, 2.75) is 13.0 Å². The first-order valence-corrected chi connectivity index (χ1v) is 4.64. The third-order valence-electron chi connectivity index (χ3n) is 0.740. The molecule has 0 spiro atoms. The van der Waals surface area contributed by atoms with Gasteiger partial charge in [-0.15, -0.1) is 0 Å². The lowest BCUT2D eigenvalue weighted by molar-refractivity contribution is 0.0969. The number of hydrogen-bond acceptors (Lipinski definition) is 4. The van der Waals surface area contributed by atoms with Gasteiger partial charge in [-0.05, 0) is 6.92 Å². The number of hydrogen-bond donors (Lipinski definition) is 0. The molecule has 0 aromatic heterocycles. The Balaban J connectivity index is 3.69. The molecule has 0 rings (SSSR count). The van der Waals surface area contributed by atoms with Crippen molar-refractivity contribution in [3.8, 4) is 0 Å². The highest BCUT2D eigenvalue weighted by Gasteiger charge is 2.08. The van der Waals surface area contributed by atoms with E-state index in [1.54, 1.807) is 6.92 Å². The van der Waals surface area contributed by atoms with E-state index >= 15 is 0 Å². The molecule has 10 heavy (non-hydrogen) atoms. The molecular formula is C5H12O4S. The fourth-order valence-corrected chi connectivity index (χ4v) is 1.21. The molecule has 0 aliphatic rings. The molecule has 0 amide bonds. The Kier molecular flexibility index (Phi) is 3.85. The summed E-state index contributed by atoms with van der Waals surface area (Å²) in [5.74, 6) is 0. The Morgan fingerprint density at radius 1 is 1.50 bits per heavy atom. The van der Waals surface area contributed by atoms with Gasteiger partial charge in [0.05, 0.1) is 19.0 Å². The molecule has 0 aromatic carbocycles. The lowest BCUT2D eigenvalue weighted by Crippen LogP contribution is -2.18. The van der Waals surface area contributed by atoms with Crippen molar-refractivity contribution in [1.29, 1.82) is 0 Å². The van der Waals surface area contributed by atoms with Gasteiger partial charge >= 0.3 is 0 Å². The summed E-state index contributed by atoms with van der Waals surface area (Å²) in [5, 5.41) is 0. The van der Waals surface area contributed by atoms with Gasteiger partial charge in [0.1, 0.15) is 0 Å². The Bertz CT molecular complexity index is 172. The van der Waals surface area contributed by atoms with Gasteiger partial charge in [0.2, 0.25) is 0 Å². The first-order chi connectivity index (χ1) is 4.45. The molecular weight excluding hydrogens is 156 g/mol. The van der Waals surface area contributed by atoms with E-state index in [2.05, 4.69) is 8.92 Å². The van der Waals surface area contributed by atoms with Crippen LogP contribution in [-0.2, 0) is 19.0 Å². The molecule has 0 saturated heterocycles. The molecule has 0 bridgehead atoms. The topological polar surface area (TPSA) is 52.6 Å². The van der Waals surface area contributed by atoms with Gasteiger partial charge in [-0.1, -0.05) is 0 Å². The first kappa shape index (κ1) is 9.87. The van der Waals surface area contributed by atoms with Crippen LogP contribution >= 0.6 is 0 Å². The third kappa shape index (κ3) is 6.00. The summed E-state index contributed by atoms with van der Waals surface area (Å²) in [4.78, 5) is 0. The van der Waals surface area contributed by atoms with Crippen molar-refractivity contribution in [2.75, 3.05) is 20.0 Å². The second-order valence-electron chi connectivity index (χ2n) is 2.07. The van der Waals surface area contributed by atoms with Crippen LogP contribution in [0.4, 0.5) is 0 Å². The fraction of sp³-hybridized carbons (Fsp3) is 1.00. The molecule has 5 heteroatoms. The van der Waals surface area contributed by atoms with E-state index in [0.29, 0.717) is 0 Å². The van der Waals surface area contributed by atoms with Gasteiger partial charge in [-0.3, -0.25) is 4.18 Å². The zero-order valence-corrected chi connectivity index (χ0v) is 7.14. The summed E-state index contributed by atoms with van der Waals surface area (Å²) in [6.45, 7) is 1.91. The summed E-state index contributed by atoms with van der Waals surface area (Å²) in [6.07, 6.45) is 0.610. The molecule has 62 valence electrons. The molecule has 0 saturated carbocycles. The maximum Gasteiger partial charge on any atom is 0.264 e. The second kappa shape index (κ2) is 3.90. The van der Waals surface area contributed by atoms with Gasteiger partial charge in [0.15, 0.2) is 0 Å². The van der Waals surface area contributed by atoms with Crippen LogP contribution in [0.25, 0.3) is 0 Å². The summed E-state index contributed by atoms with van der Waals surface area (Å²) >= 11 is 0.